The molecule has 0 aliphatic rings. The lowest BCUT2D eigenvalue weighted by atomic mass is 10.1. The highest BCUT2D eigenvalue weighted by Gasteiger charge is 2.15. The maximum atomic E-state index is 6.01. The number of aromatic nitrogens is 1. The largest absolute Gasteiger partial charge is 0.496 e. The van der Waals surface area contributed by atoms with E-state index >= 15 is 0 Å². The SMILES string of the molecule is COc1cc(Cl)ccc1-c1nc(C)c(CNC(C)(C)C)s1. The minimum atomic E-state index is 0.0918. The Balaban J connectivity index is 2.30. The van der Waals surface area contributed by atoms with E-state index in [4.69, 9.17) is 16.3 Å². The van der Waals surface area contributed by atoms with Gasteiger partial charge in [-0.15, -0.1) is 11.3 Å². The van der Waals surface area contributed by atoms with Crippen molar-refractivity contribution in [2.45, 2.75) is 39.8 Å². The zero-order valence-electron chi connectivity index (χ0n) is 13.1. The van der Waals surface area contributed by atoms with Crippen LogP contribution < -0.4 is 10.1 Å². The van der Waals surface area contributed by atoms with Crippen LogP contribution in [0.3, 0.4) is 0 Å². The molecule has 1 aromatic carbocycles. The molecule has 1 heterocycles. The Morgan fingerprint density at radius 3 is 2.67 bits per heavy atom. The van der Waals surface area contributed by atoms with Gasteiger partial charge < -0.3 is 10.1 Å². The maximum Gasteiger partial charge on any atom is 0.130 e. The summed E-state index contributed by atoms with van der Waals surface area (Å²) >= 11 is 7.70. The third-order valence-electron chi connectivity index (χ3n) is 3.07. The molecule has 0 bridgehead atoms. The summed E-state index contributed by atoms with van der Waals surface area (Å²) in [5.41, 5.74) is 2.13. The van der Waals surface area contributed by atoms with Crippen molar-refractivity contribution in [1.29, 1.82) is 0 Å². The van der Waals surface area contributed by atoms with E-state index in [0.717, 1.165) is 28.6 Å². The predicted octanol–water partition coefficient (Wildman–Crippen LogP) is 4.67. The highest BCUT2D eigenvalue weighted by Crippen LogP contribution is 2.36. The van der Waals surface area contributed by atoms with Gasteiger partial charge in [0.05, 0.1) is 18.4 Å². The lowest BCUT2D eigenvalue weighted by Crippen LogP contribution is -2.34. The Morgan fingerprint density at radius 1 is 1.33 bits per heavy atom. The summed E-state index contributed by atoms with van der Waals surface area (Å²) in [6, 6.07) is 5.64. The fourth-order valence-electron chi connectivity index (χ4n) is 1.89. The van der Waals surface area contributed by atoms with Crippen LogP contribution in [0.25, 0.3) is 10.6 Å². The molecule has 0 aliphatic heterocycles. The molecule has 2 rings (SSSR count). The number of methoxy groups -OCH3 is 1. The molecule has 0 saturated carbocycles. The maximum absolute atomic E-state index is 6.01. The molecule has 21 heavy (non-hydrogen) atoms. The first-order valence-electron chi connectivity index (χ1n) is 6.85. The van der Waals surface area contributed by atoms with Crippen LogP contribution in [0.2, 0.25) is 5.02 Å². The summed E-state index contributed by atoms with van der Waals surface area (Å²) in [5, 5.41) is 5.13. The molecule has 114 valence electrons. The van der Waals surface area contributed by atoms with Crippen LogP contribution in [-0.2, 0) is 6.54 Å². The predicted molar refractivity (Wildman–Crippen MR) is 90.4 cm³/mol. The minimum absolute atomic E-state index is 0.0918. The number of ether oxygens (including phenoxy) is 1. The van der Waals surface area contributed by atoms with Crippen molar-refractivity contribution in [3.05, 3.63) is 33.8 Å². The van der Waals surface area contributed by atoms with E-state index in [1.54, 1.807) is 18.4 Å². The molecule has 0 spiro atoms. The van der Waals surface area contributed by atoms with Crippen LogP contribution in [0.1, 0.15) is 31.3 Å². The van der Waals surface area contributed by atoms with Gasteiger partial charge in [0, 0.05) is 22.0 Å². The van der Waals surface area contributed by atoms with Gasteiger partial charge in [-0.05, 0) is 45.9 Å². The molecule has 1 N–H and O–H groups in total. The summed E-state index contributed by atoms with van der Waals surface area (Å²) in [6.45, 7) is 9.34. The summed E-state index contributed by atoms with van der Waals surface area (Å²) in [6.07, 6.45) is 0. The van der Waals surface area contributed by atoms with Crippen molar-refractivity contribution in [2.24, 2.45) is 0 Å². The number of halogens is 1. The van der Waals surface area contributed by atoms with E-state index in [1.807, 2.05) is 25.1 Å². The molecule has 1 aromatic heterocycles. The molecule has 2 aromatic rings. The summed E-state index contributed by atoms with van der Waals surface area (Å²) in [4.78, 5) is 5.92. The third kappa shape index (κ3) is 4.19. The third-order valence-corrected chi connectivity index (χ3v) is 4.49. The summed E-state index contributed by atoms with van der Waals surface area (Å²) in [7, 11) is 1.65. The van der Waals surface area contributed by atoms with Gasteiger partial charge in [-0.25, -0.2) is 4.98 Å². The lowest BCUT2D eigenvalue weighted by Gasteiger charge is -2.19. The van der Waals surface area contributed by atoms with Crippen LogP contribution in [-0.4, -0.2) is 17.6 Å². The number of hydrogen-bond donors (Lipinski definition) is 1. The van der Waals surface area contributed by atoms with Crippen LogP contribution in [0.4, 0.5) is 0 Å². The topological polar surface area (TPSA) is 34.1 Å². The standard InChI is InChI=1S/C16H21ClN2OS/c1-10-14(9-18-16(2,3)4)21-15(19-10)12-7-6-11(17)8-13(12)20-5/h6-8,18H,9H2,1-5H3. The molecule has 0 fully saturated rings. The van der Waals surface area contributed by atoms with Gasteiger partial charge in [-0.3, -0.25) is 0 Å². The quantitative estimate of drug-likeness (QED) is 0.887. The number of aryl methyl sites for hydroxylation is 1. The highest BCUT2D eigenvalue weighted by atomic mass is 35.5. The second-order valence-electron chi connectivity index (χ2n) is 5.98. The Bertz CT molecular complexity index is 632. The van der Waals surface area contributed by atoms with Crippen molar-refractivity contribution in [3.63, 3.8) is 0 Å². The van der Waals surface area contributed by atoms with E-state index < -0.39 is 0 Å². The van der Waals surface area contributed by atoms with Gasteiger partial charge >= 0.3 is 0 Å². The zero-order chi connectivity index (χ0) is 15.6. The number of nitrogens with one attached hydrogen (secondary N) is 1. The fourth-order valence-corrected chi connectivity index (χ4v) is 3.09. The van der Waals surface area contributed by atoms with Crippen molar-refractivity contribution in [3.8, 4) is 16.3 Å². The normalized spacial score (nSPS) is 11.7. The number of nitrogens with zero attached hydrogens (tertiary/aromatic N) is 1. The molecule has 0 saturated heterocycles. The first-order valence-corrected chi connectivity index (χ1v) is 8.05. The van der Waals surface area contributed by atoms with Gasteiger partial charge in [0.15, 0.2) is 0 Å². The van der Waals surface area contributed by atoms with Crippen molar-refractivity contribution >= 4 is 22.9 Å². The molecule has 0 atom stereocenters. The first-order chi connectivity index (χ1) is 9.80. The Kier molecular flexibility index (Phi) is 4.91. The van der Waals surface area contributed by atoms with Crippen molar-refractivity contribution in [1.82, 2.24) is 10.3 Å². The van der Waals surface area contributed by atoms with Crippen LogP contribution in [0, 0.1) is 6.92 Å². The Hall–Kier alpha value is -1.10. The molecule has 0 radical (unpaired) electrons. The van der Waals surface area contributed by atoms with Crippen molar-refractivity contribution in [2.75, 3.05) is 7.11 Å². The van der Waals surface area contributed by atoms with E-state index in [0.29, 0.717) is 5.02 Å². The van der Waals surface area contributed by atoms with E-state index in [1.165, 1.54) is 4.88 Å². The second-order valence-corrected chi connectivity index (χ2v) is 7.50. The highest BCUT2D eigenvalue weighted by molar-refractivity contribution is 7.15. The van der Waals surface area contributed by atoms with Gasteiger partial charge in [-0.1, -0.05) is 11.6 Å². The molecular formula is C16H21ClN2OS. The number of rotatable bonds is 4. The number of hydrogen-bond acceptors (Lipinski definition) is 4. The van der Waals surface area contributed by atoms with Crippen molar-refractivity contribution < 1.29 is 4.74 Å². The lowest BCUT2D eigenvalue weighted by molar-refractivity contribution is 0.416. The van der Waals surface area contributed by atoms with E-state index in [9.17, 15) is 0 Å². The average molecular weight is 325 g/mol. The zero-order valence-corrected chi connectivity index (χ0v) is 14.7. The molecule has 3 nitrogen and oxygen atoms in total. The smallest absolute Gasteiger partial charge is 0.130 e. The average Bonchev–Trinajstić information content (AvgIpc) is 2.76. The van der Waals surface area contributed by atoms with Gasteiger partial charge in [0.2, 0.25) is 0 Å². The molecule has 0 aliphatic carbocycles. The van der Waals surface area contributed by atoms with Gasteiger partial charge in [0.1, 0.15) is 10.8 Å². The van der Waals surface area contributed by atoms with E-state index in [-0.39, 0.29) is 5.54 Å². The number of benzene rings is 1. The van der Waals surface area contributed by atoms with Gasteiger partial charge in [0.25, 0.3) is 0 Å². The van der Waals surface area contributed by atoms with Crippen LogP contribution in [0.5, 0.6) is 5.75 Å². The molecule has 0 unspecified atom stereocenters. The van der Waals surface area contributed by atoms with Gasteiger partial charge in [-0.2, -0.15) is 0 Å². The second kappa shape index (κ2) is 6.34. The molecular weight excluding hydrogens is 304 g/mol. The first kappa shape index (κ1) is 16.3. The number of thiazole rings is 1. The monoisotopic (exact) mass is 324 g/mol. The fraction of sp³-hybridized carbons (Fsp3) is 0.438. The van der Waals surface area contributed by atoms with Crippen LogP contribution >= 0.6 is 22.9 Å². The molecule has 5 heteroatoms. The molecule has 0 amide bonds. The summed E-state index contributed by atoms with van der Waals surface area (Å²) < 4.78 is 5.41. The Labute approximate surface area is 135 Å². The Morgan fingerprint density at radius 2 is 2.05 bits per heavy atom. The van der Waals surface area contributed by atoms with E-state index in [2.05, 4.69) is 31.1 Å². The van der Waals surface area contributed by atoms with Crippen LogP contribution in [0.15, 0.2) is 18.2 Å². The minimum Gasteiger partial charge on any atom is -0.496 e. The summed E-state index contributed by atoms with van der Waals surface area (Å²) in [5.74, 6) is 0.756.